The van der Waals surface area contributed by atoms with E-state index >= 15 is 0 Å². The Bertz CT molecular complexity index is 257. The van der Waals surface area contributed by atoms with E-state index in [4.69, 9.17) is 0 Å². The molecular weight excluding hydrogens is 186 g/mol. The van der Waals surface area contributed by atoms with Crippen LogP contribution in [0.3, 0.4) is 0 Å². The van der Waals surface area contributed by atoms with Crippen LogP contribution in [0.5, 0.6) is 0 Å². The van der Waals surface area contributed by atoms with Crippen LogP contribution >= 0.6 is 0 Å². The third-order valence-corrected chi connectivity index (χ3v) is 4.78. The summed E-state index contributed by atoms with van der Waals surface area (Å²) in [4.78, 5) is 14.1. The number of amides is 1. The van der Waals surface area contributed by atoms with Gasteiger partial charge in [-0.05, 0) is 49.9 Å². The zero-order chi connectivity index (χ0) is 10.3. The van der Waals surface area contributed by atoms with Crippen molar-refractivity contribution in [2.45, 2.75) is 44.9 Å². The standard InChI is InChI=1S/C13H21NO/c15-13(14-5-1-2-6-14)9-12-8-10-3-4-11(12)7-10/h10-12H,1-9H2. The van der Waals surface area contributed by atoms with Crippen molar-refractivity contribution in [3.63, 3.8) is 0 Å². The molecule has 2 heteroatoms. The fourth-order valence-corrected chi connectivity index (χ4v) is 3.95. The van der Waals surface area contributed by atoms with Gasteiger partial charge in [-0.25, -0.2) is 0 Å². The molecule has 2 bridgehead atoms. The summed E-state index contributed by atoms with van der Waals surface area (Å²) in [6, 6.07) is 0. The molecule has 1 aliphatic heterocycles. The number of rotatable bonds is 2. The molecule has 2 saturated carbocycles. The lowest BCUT2D eigenvalue weighted by Gasteiger charge is -2.23. The molecule has 0 aromatic heterocycles. The van der Waals surface area contributed by atoms with E-state index in [1.807, 2.05) is 0 Å². The van der Waals surface area contributed by atoms with Gasteiger partial charge in [0.1, 0.15) is 0 Å². The molecule has 0 N–H and O–H groups in total. The Labute approximate surface area is 92.0 Å². The average molecular weight is 207 g/mol. The van der Waals surface area contributed by atoms with Crippen LogP contribution in [0.25, 0.3) is 0 Å². The molecule has 3 atom stereocenters. The van der Waals surface area contributed by atoms with E-state index in [0.29, 0.717) is 5.91 Å². The normalized spacial score (nSPS) is 38.9. The van der Waals surface area contributed by atoms with Crippen LogP contribution in [0.1, 0.15) is 44.9 Å². The summed E-state index contributed by atoms with van der Waals surface area (Å²) in [6.07, 6.45) is 8.94. The van der Waals surface area contributed by atoms with E-state index in [0.717, 1.165) is 37.3 Å². The van der Waals surface area contributed by atoms with Crippen LogP contribution in [-0.2, 0) is 4.79 Å². The Balaban J connectivity index is 1.54. The lowest BCUT2D eigenvalue weighted by molar-refractivity contribution is -0.131. The zero-order valence-electron chi connectivity index (χ0n) is 9.45. The van der Waals surface area contributed by atoms with Gasteiger partial charge in [0.15, 0.2) is 0 Å². The van der Waals surface area contributed by atoms with Crippen molar-refractivity contribution in [3.05, 3.63) is 0 Å². The van der Waals surface area contributed by atoms with E-state index in [1.54, 1.807) is 0 Å². The highest BCUT2D eigenvalue weighted by atomic mass is 16.2. The molecule has 3 fully saturated rings. The monoisotopic (exact) mass is 207 g/mol. The summed E-state index contributed by atoms with van der Waals surface area (Å²) < 4.78 is 0. The van der Waals surface area contributed by atoms with Gasteiger partial charge in [0.05, 0.1) is 0 Å². The highest BCUT2D eigenvalue weighted by Gasteiger charge is 2.40. The Morgan fingerprint density at radius 2 is 1.93 bits per heavy atom. The van der Waals surface area contributed by atoms with Gasteiger partial charge in [-0.2, -0.15) is 0 Å². The molecule has 0 radical (unpaired) electrons. The average Bonchev–Trinajstić information content (AvgIpc) is 2.95. The van der Waals surface area contributed by atoms with E-state index in [2.05, 4.69) is 4.90 Å². The molecule has 3 rings (SSSR count). The molecule has 1 amide bonds. The van der Waals surface area contributed by atoms with Gasteiger partial charge >= 0.3 is 0 Å². The van der Waals surface area contributed by atoms with Gasteiger partial charge in [-0.1, -0.05) is 6.42 Å². The number of carbonyl (C=O) groups is 1. The third-order valence-electron chi connectivity index (χ3n) is 4.78. The lowest BCUT2D eigenvalue weighted by Crippen LogP contribution is -2.30. The minimum atomic E-state index is 0.449. The van der Waals surface area contributed by atoms with Crippen LogP contribution in [-0.4, -0.2) is 23.9 Å². The first-order chi connectivity index (χ1) is 7.33. The van der Waals surface area contributed by atoms with Crippen molar-refractivity contribution in [2.24, 2.45) is 17.8 Å². The zero-order valence-corrected chi connectivity index (χ0v) is 9.45. The van der Waals surface area contributed by atoms with Crippen molar-refractivity contribution in [3.8, 4) is 0 Å². The van der Waals surface area contributed by atoms with Gasteiger partial charge in [-0.15, -0.1) is 0 Å². The van der Waals surface area contributed by atoms with Crippen molar-refractivity contribution >= 4 is 5.91 Å². The van der Waals surface area contributed by atoms with Gasteiger partial charge in [-0.3, -0.25) is 4.79 Å². The molecule has 2 nitrogen and oxygen atoms in total. The highest BCUT2D eigenvalue weighted by Crippen LogP contribution is 2.49. The van der Waals surface area contributed by atoms with Crippen LogP contribution < -0.4 is 0 Å². The largest absolute Gasteiger partial charge is 0.343 e. The first-order valence-electron chi connectivity index (χ1n) is 6.60. The SMILES string of the molecule is O=C(CC1CC2CCC1C2)N1CCCC1. The number of nitrogens with zero attached hydrogens (tertiary/aromatic N) is 1. The Morgan fingerprint density at radius 1 is 1.13 bits per heavy atom. The summed E-state index contributed by atoms with van der Waals surface area (Å²) in [5, 5.41) is 0. The number of carbonyl (C=O) groups excluding carboxylic acids is 1. The maximum atomic E-state index is 12.0. The van der Waals surface area contributed by atoms with E-state index in [9.17, 15) is 4.79 Å². The molecule has 0 aromatic carbocycles. The van der Waals surface area contributed by atoms with E-state index < -0.39 is 0 Å². The summed E-state index contributed by atoms with van der Waals surface area (Å²) in [5.74, 6) is 3.08. The van der Waals surface area contributed by atoms with Crippen molar-refractivity contribution < 1.29 is 4.79 Å². The van der Waals surface area contributed by atoms with Crippen LogP contribution in [0, 0.1) is 17.8 Å². The molecule has 1 saturated heterocycles. The van der Waals surface area contributed by atoms with Crippen molar-refractivity contribution in [1.82, 2.24) is 4.90 Å². The first kappa shape index (κ1) is 9.68. The van der Waals surface area contributed by atoms with Crippen molar-refractivity contribution in [2.75, 3.05) is 13.1 Å². The Morgan fingerprint density at radius 3 is 2.53 bits per heavy atom. The maximum Gasteiger partial charge on any atom is 0.222 e. The molecule has 0 aromatic rings. The summed E-state index contributed by atoms with van der Waals surface area (Å²) in [7, 11) is 0. The van der Waals surface area contributed by atoms with Crippen LogP contribution in [0.4, 0.5) is 0 Å². The van der Waals surface area contributed by atoms with E-state index in [-0.39, 0.29) is 0 Å². The topological polar surface area (TPSA) is 20.3 Å². The fourth-order valence-electron chi connectivity index (χ4n) is 3.95. The molecule has 2 aliphatic carbocycles. The van der Waals surface area contributed by atoms with Gasteiger partial charge in [0.2, 0.25) is 5.91 Å². The summed E-state index contributed by atoms with van der Waals surface area (Å²) in [5.41, 5.74) is 0. The summed E-state index contributed by atoms with van der Waals surface area (Å²) in [6.45, 7) is 2.05. The smallest absolute Gasteiger partial charge is 0.222 e. The fraction of sp³-hybridized carbons (Fsp3) is 0.923. The number of hydrogen-bond donors (Lipinski definition) is 0. The van der Waals surface area contributed by atoms with Crippen LogP contribution in [0.2, 0.25) is 0 Å². The number of likely N-dealkylation sites (tertiary alicyclic amines) is 1. The van der Waals surface area contributed by atoms with Gasteiger partial charge in [0.25, 0.3) is 0 Å². The predicted molar refractivity (Wildman–Crippen MR) is 59.4 cm³/mol. The van der Waals surface area contributed by atoms with Crippen molar-refractivity contribution in [1.29, 1.82) is 0 Å². The molecule has 0 spiro atoms. The molecule has 3 aliphatic rings. The second-order valence-corrected chi connectivity index (χ2v) is 5.73. The molecule has 84 valence electrons. The summed E-state index contributed by atoms with van der Waals surface area (Å²) >= 11 is 0. The molecule has 3 unspecified atom stereocenters. The Kier molecular flexibility index (Phi) is 2.45. The predicted octanol–water partition coefficient (Wildman–Crippen LogP) is 2.44. The third kappa shape index (κ3) is 1.79. The highest BCUT2D eigenvalue weighted by molar-refractivity contribution is 5.76. The molecule has 15 heavy (non-hydrogen) atoms. The second kappa shape index (κ2) is 3.80. The first-order valence-corrected chi connectivity index (χ1v) is 6.60. The maximum absolute atomic E-state index is 12.0. The minimum absolute atomic E-state index is 0.449. The molecule has 1 heterocycles. The number of hydrogen-bond acceptors (Lipinski definition) is 1. The lowest BCUT2D eigenvalue weighted by atomic mass is 9.86. The van der Waals surface area contributed by atoms with Crippen LogP contribution in [0.15, 0.2) is 0 Å². The van der Waals surface area contributed by atoms with Gasteiger partial charge in [0, 0.05) is 19.5 Å². The quantitative estimate of drug-likeness (QED) is 0.681. The number of fused-ring (bicyclic) bond motifs is 2. The van der Waals surface area contributed by atoms with Gasteiger partial charge < -0.3 is 4.90 Å². The second-order valence-electron chi connectivity index (χ2n) is 5.73. The van der Waals surface area contributed by atoms with E-state index in [1.165, 1.54) is 38.5 Å². The molecular formula is C13H21NO. The Hall–Kier alpha value is -0.530. The minimum Gasteiger partial charge on any atom is -0.343 e.